The Kier molecular flexibility index (Phi) is 11.6. The van der Waals surface area contributed by atoms with Gasteiger partial charge < -0.3 is 24.6 Å². The normalized spacial score (nSPS) is 11.7. The van der Waals surface area contributed by atoms with Gasteiger partial charge in [-0.25, -0.2) is 0 Å². The van der Waals surface area contributed by atoms with E-state index in [2.05, 4.69) is 10.1 Å². The minimum absolute atomic E-state index is 0.214. The summed E-state index contributed by atoms with van der Waals surface area (Å²) in [6, 6.07) is 0. The molecule has 0 radical (unpaired) electrons. The van der Waals surface area contributed by atoms with Gasteiger partial charge in [0.25, 0.3) is 6.29 Å². The van der Waals surface area contributed by atoms with Crippen LogP contribution in [0, 0.1) is 0 Å². The van der Waals surface area contributed by atoms with E-state index in [0.29, 0.717) is 0 Å². The molecule has 0 aromatic carbocycles. The van der Waals surface area contributed by atoms with Crippen molar-refractivity contribution in [3.05, 3.63) is 0 Å². The average Bonchev–Trinajstić information content (AvgIpc) is 2.50. The number of thioether (sulfide) groups is 1. The summed E-state index contributed by atoms with van der Waals surface area (Å²) in [6.07, 6.45) is -3.07. The van der Waals surface area contributed by atoms with E-state index in [1.54, 1.807) is 13.8 Å². The summed E-state index contributed by atoms with van der Waals surface area (Å²) in [4.78, 5) is 67.6. The maximum Gasteiger partial charge on any atom is 0.317 e. The molecule has 0 rings (SSSR count). The second-order valence-electron chi connectivity index (χ2n) is 6.43. The van der Waals surface area contributed by atoms with Gasteiger partial charge in [-0.05, 0) is 13.8 Å². The molecule has 1 atom stereocenters. The summed E-state index contributed by atoms with van der Waals surface area (Å²) in [5.41, 5.74) is 0. The van der Waals surface area contributed by atoms with Crippen LogP contribution in [0.15, 0.2) is 0 Å². The number of esters is 3. The van der Waals surface area contributed by atoms with Crippen molar-refractivity contribution in [2.24, 2.45) is 0 Å². The van der Waals surface area contributed by atoms with Gasteiger partial charge in [-0.1, -0.05) is 11.8 Å². The van der Waals surface area contributed by atoms with Crippen molar-refractivity contribution >= 4 is 46.7 Å². The zero-order chi connectivity index (χ0) is 22.6. The zero-order valence-electron chi connectivity index (χ0n) is 16.6. The first-order valence-corrected chi connectivity index (χ1v) is 9.33. The van der Waals surface area contributed by atoms with Crippen LogP contribution in [0.25, 0.3) is 0 Å². The second kappa shape index (κ2) is 12.8. The van der Waals surface area contributed by atoms with Crippen molar-refractivity contribution < 1.29 is 48.1 Å². The number of nitrogens with one attached hydrogen (secondary N) is 1. The molecule has 164 valence electrons. The van der Waals surface area contributed by atoms with Gasteiger partial charge in [-0.15, -0.1) is 0 Å². The highest BCUT2D eigenvalue weighted by Gasteiger charge is 2.26. The Balaban J connectivity index is 4.56. The molecule has 0 aromatic heterocycles. The van der Waals surface area contributed by atoms with Crippen molar-refractivity contribution in [3.8, 4) is 0 Å². The molecule has 1 unspecified atom stereocenters. The number of hydrogen-bond donors (Lipinski definition) is 2. The number of carboxylic acids is 1. The van der Waals surface area contributed by atoms with E-state index < -0.39 is 52.9 Å². The molecule has 0 heterocycles. The highest BCUT2D eigenvalue weighted by Crippen LogP contribution is 2.25. The number of carbonyl (C=O) groups excluding carboxylic acids is 5. The molecular weight excluding hydrogens is 410 g/mol. The molecule has 0 bridgehead atoms. The first kappa shape index (κ1) is 26.4. The van der Waals surface area contributed by atoms with Crippen LogP contribution < -0.4 is 5.32 Å². The maximum atomic E-state index is 12.0. The lowest BCUT2D eigenvalue weighted by Gasteiger charge is -2.23. The van der Waals surface area contributed by atoms with Crippen molar-refractivity contribution in [1.82, 2.24) is 5.32 Å². The number of rotatable bonds is 12. The molecule has 29 heavy (non-hydrogen) atoms. The monoisotopic (exact) mass is 435 g/mol. The lowest BCUT2D eigenvalue weighted by Crippen LogP contribution is -2.36. The molecule has 12 heteroatoms. The summed E-state index contributed by atoms with van der Waals surface area (Å²) < 4.78 is 13.7. The van der Waals surface area contributed by atoms with Crippen LogP contribution in [0.5, 0.6) is 0 Å². The van der Waals surface area contributed by atoms with Gasteiger partial charge in [0.2, 0.25) is 11.0 Å². The third-order valence-electron chi connectivity index (χ3n) is 2.91. The first-order valence-electron chi connectivity index (χ1n) is 8.51. The highest BCUT2D eigenvalue weighted by atomic mass is 32.2. The lowest BCUT2D eigenvalue weighted by molar-refractivity contribution is -0.188. The van der Waals surface area contributed by atoms with E-state index in [-0.39, 0.29) is 25.5 Å². The Labute approximate surface area is 171 Å². The van der Waals surface area contributed by atoms with Crippen LogP contribution in [0.3, 0.4) is 0 Å². The largest absolute Gasteiger partial charge is 0.481 e. The standard InChI is InChI=1S/C17H25NO10S/c1-10(19)18-9-17(3,4)29-15(25)8-14(24)28-16(27-11(2)20)5-6-26-13(23)7-12(21)22/h16H,5-9H2,1-4H3,(H,18,19)(H,21,22). The number of ether oxygens (including phenoxy) is 3. The third kappa shape index (κ3) is 15.0. The van der Waals surface area contributed by atoms with Gasteiger partial charge in [0.15, 0.2) is 0 Å². The molecule has 0 spiro atoms. The molecular formula is C17H25NO10S. The fourth-order valence-electron chi connectivity index (χ4n) is 1.79. The van der Waals surface area contributed by atoms with E-state index in [4.69, 9.17) is 14.6 Å². The second-order valence-corrected chi connectivity index (χ2v) is 8.19. The predicted octanol–water partition coefficient (Wildman–Crippen LogP) is 0.391. The molecule has 1 amide bonds. The van der Waals surface area contributed by atoms with E-state index in [9.17, 15) is 28.8 Å². The Hall–Kier alpha value is -2.63. The first-order chi connectivity index (χ1) is 13.3. The summed E-state index contributed by atoms with van der Waals surface area (Å²) >= 11 is 0.853. The van der Waals surface area contributed by atoms with Gasteiger partial charge in [0.1, 0.15) is 12.8 Å². The maximum absolute atomic E-state index is 12.0. The minimum atomic E-state index is -1.40. The third-order valence-corrected chi connectivity index (χ3v) is 3.98. The topological polar surface area (TPSA) is 162 Å². The number of hydrogen-bond acceptors (Lipinski definition) is 10. The van der Waals surface area contributed by atoms with Crippen LogP contribution in [0.2, 0.25) is 0 Å². The average molecular weight is 435 g/mol. The van der Waals surface area contributed by atoms with Crippen molar-refractivity contribution in [1.29, 1.82) is 0 Å². The fourth-order valence-corrected chi connectivity index (χ4v) is 2.74. The fraction of sp³-hybridized carbons (Fsp3) is 0.647. The van der Waals surface area contributed by atoms with E-state index >= 15 is 0 Å². The van der Waals surface area contributed by atoms with Crippen LogP contribution in [0.4, 0.5) is 0 Å². The molecule has 0 aromatic rings. The van der Waals surface area contributed by atoms with Gasteiger partial charge in [-0.3, -0.25) is 28.8 Å². The quantitative estimate of drug-likeness (QED) is 0.248. The van der Waals surface area contributed by atoms with Crippen LogP contribution >= 0.6 is 11.8 Å². The summed E-state index contributed by atoms with van der Waals surface area (Å²) in [5, 5.41) is 10.5. The van der Waals surface area contributed by atoms with Gasteiger partial charge in [0.05, 0.1) is 13.0 Å². The summed E-state index contributed by atoms with van der Waals surface area (Å²) in [6.45, 7) is 5.69. The van der Waals surface area contributed by atoms with E-state index in [1.807, 2.05) is 0 Å². The summed E-state index contributed by atoms with van der Waals surface area (Å²) in [7, 11) is 0. The van der Waals surface area contributed by atoms with Crippen molar-refractivity contribution in [2.45, 2.75) is 58.0 Å². The SMILES string of the molecule is CC(=O)NCC(C)(C)SC(=O)CC(=O)OC(CCOC(=O)CC(=O)O)OC(C)=O. The Morgan fingerprint density at radius 1 is 1.00 bits per heavy atom. The Morgan fingerprint density at radius 2 is 1.62 bits per heavy atom. The molecule has 2 N–H and O–H groups in total. The van der Waals surface area contributed by atoms with E-state index in [0.717, 1.165) is 18.7 Å². The smallest absolute Gasteiger partial charge is 0.317 e. The lowest BCUT2D eigenvalue weighted by atomic mass is 10.2. The molecule has 0 saturated heterocycles. The van der Waals surface area contributed by atoms with Gasteiger partial charge >= 0.3 is 23.9 Å². The Bertz CT molecular complexity index is 646. The highest BCUT2D eigenvalue weighted by molar-refractivity contribution is 8.14. The molecule has 11 nitrogen and oxygen atoms in total. The zero-order valence-corrected chi connectivity index (χ0v) is 17.5. The number of aliphatic carboxylic acids is 1. The molecule has 0 saturated carbocycles. The van der Waals surface area contributed by atoms with Crippen LogP contribution in [-0.4, -0.2) is 64.2 Å². The van der Waals surface area contributed by atoms with Crippen LogP contribution in [-0.2, 0) is 43.0 Å². The molecule has 0 aliphatic rings. The number of carbonyl (C=O) groups is 6. The van der Waals surface area contributed by atoms with Crippen molar-refractivity contribution in [3.63, 3.8) is 0 Å². The molecule has 0 aliphatic heterocycles. The Morgan fingerprint density at radius 3 is 2.14 bits per heavy atom. The van der Waals surface area contributed by atoms with E-state index in [1.165, 1.54) is 6.92 Å². The number of carboxylic acid groups (broad SMARTS) is 1. The van der Waals surface area contributed by atoms with Crippen molar-refractivity contribution in [2.75, 3.05) is 13.2 Å². The molecule has 0 aliphatic carbocycles. The minimum Gasteiger partial charge on any atom is -0.481 e. The van der Waals surface area contributed by atoms with Crippen LogP contribution in [0.1, 0.15) is 47.0 Å². The van der Waals surface area contributed by atoms with Gasteiger partial charge in [0, 0.05) is 25.1 Å². The molecule has 0 fully saturated rings. The number of amides is 1. The van der Waals surface area contributed by atoms with Gasteiger partial charge in [-0.2, -0.15) is 0 Å². The predicted molar refractivity (Wildman–Crippen MR) is 99.5 cm³/mol. The summed E-state index contributed by atoms with van der Waals surface area (Å²) in [5.74, 6) is -4.34.